The third-order valence-electron chi connectivity index (χ3n) is 4.14. The number of hydrogen-bond donors (Lipinski definition) is 0. The first-order valence-corrected chi connectivity index (χ1v) is 7.59. The minimum absolute atomic E-state index is 0.582. The van der Waals surface area contributed by atoms with Gasteiger partial charge in [-0.1, -0.05) is 31.2 Å². The lowest BCUT2D eigenvalue weighted by molar-refractivity contribution is 0.669. The fourth-order valence-electron chi connectivity index (χ4n) is 3.03. The van der Waals surface area contributed by atoms with Crippen LogP contribution in [0.25, 0.3) is 38.0 Å². The van der Waals surface area contributed by atoms with Crippen LogP contribution in [0.15, 0.2) is 59.1 Å². The maximum atomic E-state index is 7.19. The lowest BCUT2D eigenvalue weighted by atomic mass is 9.99. The molecule has 0 saturated heterocycles. The maximum Gasteiger partial charge on any atom is 0.190 e. The molecule has 0 fully saturated rings. The summed E-state index contributed by atoms with van der Waals surface area (Å²) in [5.41, 5.74) is 5.27. The van der Waals surface area contributed by atoms with Crippen molar-refractivity contribution in [2.45, 2.75) is 13.3 Å². The summed E-state index contributed by atoms with van der Waals surface area (Å²) in [6.45, 7) is 9.34. The Balaban J connectivity index is 2.10. The molecule has 0 bridgehead atoms. The van der Waals surface area contributed by atoms with Gasteiger partial charge >= 0.3 is 0 Å². The van der Waals surface area contributed by atoms with Crippen LogP contribution in [0.2, 0.25) is 0 Å². The number of furan rings is 1. The summed E-state index contributed by atoms with van der Waals surface area (Å²) in [6.07, 6.45) is 2.61. The van der Waals surface area contributed by atoms with Gasteiger partial charge in [0.15, 0.2) is 5.69 Å². The number of nitrogens with zero attached hydrogens (tertiary/aromatic N) is 2. The Kier molecular flexibility index (Phi) is 3.09. The molecular weight excluding hydrogens is 284 g/mol. The van der Waals surface area contributed by atoms with Crippen molar-refractivity contribution in [2.75, 3.05) is 0 Å². The molecule has 0 atom stereocenters. The Morgan fingerprint density at radius 1 is 1.13 bits per heavy atom. The van der Waals surface area contributed by atoms with Gasteiger partial charge in [0.1, 0.15) is 11.2 Å². The van der Waals surface area contributed by atoms with E-state index in [1.165, 1.54) is 5.56 Å². The van der Waals surface area contributed by atoms with Crippen molar-refractivity contribution >= 4 is 27.6 Å². The molecule has 0 aliphatic carbocycles. The topological polar surface area (TPSA) is 30.4 Å². The summed E-state index contributed by atoms with van der Waals surface area (Å²) in [6, 6.07) is 15.8. The molecule has 0 saturated carbocycles. The SMILES string of the molecule is [C-]#[N+]c1ccnc(-c2ccc(CC)c3c2oc2ccccc23)c1. The zero-order valence-electron chi connectivity index (χ0n) is 12.7. The molecule has 0 spiro atoms. The molecule has 0 aliphatic heterocycles. The number of para-hydroxylation sites is 1. The van der Waals surface area contributed by atoms with Crippen LogP contribution >= 0.6 is 0 Å². The second-order valence-electron chi connectivity index (χ2n) is 5.44. The molecule has 0 unspecified atom stereocenters. The van der Waals surface area contributed by atoms with Gasteiger partial charge in [0.25, 0.3) is 0 Å². The second kappa shape index (κ2) is 5.26. The second-order valence-corrected chi connectivity index (χ2v) is 5.44. The quantitative estimate of drug-likeness (QED) is 0.440. The van der Waals surface area contributed by atoms with Crippen molar-refractivity contribution in [3.8, 4) is 11.3 Å². The average molecular weight is 298 g/mol. The summed E-state index contributed by atoms with van der Waals surface area (Å²) in [7, 11) is 0. The molecule has 0 amide bonds. The normalized spacial score (nSPS) is 11.0. The van der Waals surface area contributed by atoms with Gasteiger partial charge < -0.3 is 4.42 Å². The zero-order valence-corrected chi connectivity index (χ0v) is 12.7. The van der Waals surface area contributed by atoms with Crippen LogP contribution in [-0.2, 0) is 6.42 Å². The number of fused-ring (bicyclic) bond motifs is 3. The van der Waals surface area contributed by atoms with Gasteiger partial charge in [-0.05, 0) is 36.2 Å². The van der Waals surface area contributed by atoms with E-state index in [1.54, 1.807) is 18.3 Å². The lowest BCUT2D eigenvalue weighted by Gasteiger charge is -2.06. The lowest BCUT2D eigenvalue weighted by Crippen LogP contribution is -1.87. The fourth-order valence-corrected chi connectivity index (χ4v) is 3.03. The summed E-state index contributed by atoms with van der Waals surface area (Å²) < 4.78 is 6.14. The highest BCUT2D eigenvalue weighted by molar-refractivity contribution is 6.11. The van der Waals surface area contributed by atoms with E-state index < -0.39 is 0 Å². The van der Waals surface area contributed by atoms with Gasteiger partial charge in [0, 0.05) is 22.5 Å². The van der Waals surface area contributed by atoms with Crippen molar-refractivity contribution in [2.24, 2.45) is 0 Å². The highest BCUT2D eigenvalue weighted by Gasteiger charge is 2.15. The predicted molar refractivity (Wildman–Crippen MR) is 92.6 cm³/mol. The number of hydrogen-bond acceptors (Lipinski definition) is 2. The van der Waals surface area contributed by atoms with E-state index in [9.17, 15) is 0 Å². The van der Waals surface area contributed by atoms with Crippen LogP contribution in [0.4, 0.5) is 5.69 Å². The molecule has 0 aliphatic rings. The van der Waals surface area contributed by atoms with Crippen molar-refractivity contribution in [3.63, 3.8) is 0 Å². The standard InChI is InChI=1S/C20H14N2O/c1-3-13-8-9-15(17-12-14(21-2)10-11-22-17)20-19(13)16-6-4-5-7-18(16)23-20/h4-12H,3H2,1H3. The first-order chi connectivity index (χ1) is 11.3. The van der Waals surface area contributed by atoms with E-state index in [1.807, 2.05) is 24.3 Å². The number of aromatic nitrogens is 1. The van der Waals surface area contributed by atoms with Gasteiger partial charge in [0.2, 0.25) is 0 Å². The molecular formula is C20H14N2O. The van der Waals surface area contributed by atoms with E-state index in [0.29, 0.717) is 5.69 Å². The maximum absolute atomic E-state index is 7.19. The molecule has 0 radical (unpaired) electrons. The van der Waals surface area contributed by atoms with Crippen LogP contribution in [0.3, 0.4) is 0 Å². The Labute approximate surface area is 134 Å². The summed E-state index contributed by atoms with van der Waals surface area (Å²) >= 11 is 0. The summed E-state index contributed by atoms with van der Waals surface area (Å²) in [4.78, 5) is 7.92. The van der Waals surface area contributed by atoms with Crippen molar-refractivity contribution in [3.05, 3.63) is 71.7 Å². The Morgan fingerprint density at radius 2 is 2.00 bits per heavy atom. The number of pyridine rings is 1. The van der Waals surface area contributed by atoms with Crippen LogP contribution in [0.1, 0.15) is 12.5 Å². The third kappa shape index (κ3) is 2.08. The van der Waals surface area contributed by atoms with Gasteiger partial charge in [-0.15, -0.1) is 0 Å². The number of benzene rings is 2. The van der Waals surface area contributed by atoms with E-state index in [4.69, 9.17) is 11.0 Å². The Morgan fingerprint density at radius 3 is 2.83 bits per heavy atom. The third-order valence-corrected chi connectivity index (χ3v) is 4.14. The van der Waals surface area contributed by atoms with E-state index in [-0.39, 0.29) is 0 Å². The van der Waals surface area contributed by atoms with Crippen LogP contribution in [0, 0.1) is 6.57 Å². The highest BCUT2D eigenvalue weighted by Crippen LogP contribution is 2.38. The van der Waals surface area contributed by atoms with Crippen LogP contribution in [0.5, 0.6) is 0 Å². The molecule has 0 N–H and O–H groups in total. The van der Waals surface area contributed by atoms with E-state index in [2.05, 4.69) is 28.9 Å². The molecule has 3 nitrogen and oxygen atoms in total. The van der Waals surface area contributed by atoms with Gasteiger partial charge in [-0.3, -0.25) is 4.98 Å². The molecule has 2 aromatic carbocycles. The Hall–Kier alpha value is -3.12. The van der Waals surface area contributed by atoms with Gasteiger partial charge in [0.05, 0.1) is 12.3 Å². The molecule has 4 rings (SSSR count). The minimum Gasteiger partial charge on any atom is -0.455 e. The number of rotatable bonds is 2. The fraction of sp³-hybridized carbons (Fsp3) is 0.100. The molecule has 2 heterocycles. The first kappa shape index (κ1) is 13.5. The van der Waals surface area contributed by atoms with Gasteiger partial charge in [-0.2, -0.15) is 0 Å². The smallest absolute Gasteiger partial charge is 0.190 e. The Bertz CT molecular complexity index is 1070. The molecule has 110 valence electrons. The molecule has 4 aromatic rings. The monoisotopic (exact) mass is 298 g/mol. The molecule has 3 heteroatoms. The summed E-state index contributed by atoms with van der Waals surface area (Å²) in [5.74, 6) is 0. The molecule has 23 heavy (non-hydrogen) atoms. The summed E-state index contributed by atoms with van der Waals surface area (Å²) in [5, 5.41) is 2.28. The largest absolute Gasteiger partial charge is 0.455 e. The average Bonchev–Trinajstić information content (AvgIpc) is 3.00. The number of aryl methyl sites for hydroxylation is 1. The minimum atomic E-state index is 0.582. The molecule has 2 aromatic heterocycles. The zero-order chi connectivity index (χ0) is 15.8. The van der Waals surface area contributed by atoms with E-state index >= 15 is 0 Å². The van der Waals surface area contributed by atoms with Crippen LogP contribution < -0.4 is 0 Å². The van der Waals surface area contributed by atoms with Crippen molar-refractivity contribution < 1.29 is 4.42 Å². The van der Waals surface area contributed by atoms with Crippen molar-refractivity contribution in [1.29, 1.82) is 0 Å². The highest BCUT2D eigenvalue weighted by atomic mass is 16.3. The predicted octanol–water partition coefficient (Wildman–Crippen LogP) is 5.76. The van der Waals surface area contributed by atoms with Crippen LogP contribution in [-0.4, -0.2) is 4.98 Å². The first-order valence-electron chi connectivity index (χ1n) is 7.59. The van der Waals surface area contributed by atoms with E-state index in [0.717, 1.165) is 39.6 Å². The van der Waals surface area contributed by atoms with Gasteiger partial charge in [-0.25, -0.2) is 4.85 Å². The van der Waals surface area contributed by atoms with Crippen molar-refractivity contribution in [1.82, 2.24) is 4.98 Å².